The van der Waals surface area contributed by atoms with Crippen LogP contribution in [0.1, 0.15) is 18.1 Å². The fraction of sp³-hybridized carbons (Fsp3) is 0.188. The van der Waals surface area contributed by atoms with Crippen molar-refractivity contribution in [1.29, 1.82) is 0 Å². The number of oxime groups is 1. The van der Waals surface area contributed by atoms with Crippen LogP contribution in [0.3, 0.4) is 0 Å². The average molecular weight is 370 g/mol. The minimum atomic E-state index is -4.77. The predicted octanol–water partition coefficient (Wildman–Crippen LogP) is 3.96. The summed E-state index contributed by atoms with van der Waals surface area (Å²) in [6.07, 6.45) is -1.23. The highest BCUT2D eigenvalue weighted by molar-refractivity contribution is 6.29. The SMILES string of the molecule is CC(C=NO)=NNc1cncc(F)c1Cc1ccc(OC(F)(F)F)cc1. The van der Waals surface area contributed by atoms with Gasteiger partial charge in [-0.05, 0) is 24.6 Å². The van der Waals surface area contributed by atoms with Crippen molar-refractivity contribution in [2.45, 2.75) is 19.7 Å². The van der Waals surface area contributed by atoms with E-state index in [0.29, 0.717) is 11.3 Å². The largest absolute Gasteiger partial charge is 0.573 e. The molecule has 1 aromatic heterocycles. The molecule has 26 heavy (non-hydrogen) atoms. The van der Waals surface area contributed by atoms with Crippen LogP contribution in [0.5, 0.6) is 5.75 Å². The lowest BCUT2D eigenvalue weighted by Crippen LogP contribution is -2.17. The summed E-state index contributed by atoms with van der Waals surface area (Å²) in [6.45, 7) is 1.55. The molecule has 2 N–H and O–H groups in total. The first-order valence-corrected chi connectivity index (χ1v) is 7.23. The summed E-state index contributed by atoms with van der Waals surface area (Å²) in [4.78, 5) is 3.73. The fourth-order valence-corrected chi connectivity index (χ4v) is 2.01. The lowest BCUT2D eigenvalue weighted by Gasteiger charge is -2.11. The van der Waals surface area contributed by atoms with E-state index in [1.807, 2.05) is 0 Å². The molecule has 138 valence electrons. The average Bonchev–Trinajstić information content (AvgIpc) is 2.56. The quantitative estimate of drug-likeness (QED) is 0.349. The molecular formula is C16H14F4N4O2. The first-order valence-electron chi connectivity index (χ1n) is 7.23. The van der Waals surface area contributed by atoms with Gasteiger partial charge in [0.25, 0.3) is 0 Å². The first kappa shape index (κ1) is 19.2. The van der Waals surface area contributed by atoms with Gasteiger partial charge in [-0.15, -0.1) is 13.2 Å². The highest BCUT2D eigenvalue weighted by atomic mass is 19.4. The highest BCUT2D eigenvalue weighted by Gasteiger charge is 2.30. The normalized spacial score (nSPS) is 12.4. The van der Waals surface area contributed by atoms with Gasteiger partial charge < -0.3 is 9.94 Å². The lowest BCUT2D eigenvalue weighted by atomic mass is 10.0. The first-order chi connectivity index (χ1) is 12.3. The molecule has 0 unspecified atom stereocenters. The van der Waals surface area contributed by atoms with Crippen LogP contribution in [0.15, 0.2) is 46.9 Å². The number of pyridine rings is 1. The molecule has 6 nitrogen and oxygen atoms in total. The van der Waals surface area contributed by atoms with Gasteiger partial charge in [0.1, 0.15) is 11.6 Å². The van der Waals surface area contributed by atoms with Crippen LogP contribution in [-0.2, 0) is 6.42 Å². The van der Waals surface area contributed by atoms with Gasteiger partial charge in [0, 0.05) is 12.0 Å². The summed E-state index contributed by atoms with van der Waals surface area (Å²) in [5.74, 6) is -0.965. The van der Waals surface area contributed by atoms with E-state index in [0.717, 1.165) is 24.5 Å². The zero-order valence-corrected chi connectivity index (χ0v) is 13.5. The Morgan fingerprint density at radius 3 is 2.58 bits per heavy atom. The summed E-state index contributed by atoms with van der Waals surface area (Å²) in [7, 11) is 0. The number of hydrogen-bond acceptors (Lipinski definition) is 6. The van der Waals surface area contributed by atoms with E-state index in [2.05, 4.69) is 25.4 Å². The van der Waals surface area contributed by atoms with Gasteiger partial charge in [0.15, 0.2) is 0 Å². The number of aromatic nitrogens is 1. The van der Waals surface area contributed by atoms with Gasteiger partial charge in [0.05, 0.1) is 30.0 Å². The van der Waals surface area contributed by atoms with Crippen molar-refractivity contribution in [3.8, 4) is 5.75 Å². The molecular weight excluding hydrogens is 356 g/mol. The fourth-order valence-electron chi connectivity index (χ4n) is 2.01. The standard InChI is InChI=1S/C16H14F4N4O2/c1-10(7-22-25)23-24-15-9-21-8-14(17)13(15)6-11-2-4-12(5-3-11)26-16(18,19)20/h2-5,7-9,24-25H,6H2,1H3. The lowest BCUT2D eigenvalue weighted by molar-refractivity contribution is -0.274. The minimum Gasteiger partial charge on any atom is -0.411 e. The molecule has 2 rings (SSSR count). The van der Waals surface area contributed by atoms with E-state index in [-0.39, 0.29) is 23.4 Å². The highest BCUT2D eigenvalue weighted by Crippen LogP contribution is 2.25. The molecule has 1 aromatic carbocycles. The van der Waals surface area contributed by atoms with E-state index >= 15 is 0 Å². The van der Waals surface area contributed by atoms with Gasteiger partial charge in [-0.3, -0.25) is 10.4 Å². The molecule has 0 radical (unpaired) electrons. The number of hydrazone groups is 1. The molecule has 10 heteroatoms. The van der Waals surface area contributed by atoms with Crippen LogP contribution in [0.25, 0.3) is 0 Å². The number of anilines is 1. The second-order valence-electron chi connectivity index (χ2n) is 5.13. The number of halogens is 4. The Balaban J connectivity index is 2.19. The summed E-state index contributed by atoms with van der Waals surface area (Å²) in [5, 5.41) is 15.1. The monoisotopic (exact) mass is 370 g/mol. The molecule has 0 spiro atoms. The maximum Gasteiger partial charge on any atom is 0.573 e. The number of rotatable bonds is 6. The molecule has 0 atom stereocenters. The Kier molecular flexibility index (Phi) is 6.10. The van der Waals surface area contributed by atoms with E-state index in [9.17, 15) is 17.6 Å². The third-order valence-electron chi connectivity index (χ3n) is 3.14. The van der Waals surface area contributed by atoms with Crippen LogP contribution in [-0.4, -0.2) is 28.5 Å². The van der Waals surface area contributed by atoms with Crippen molar-refractivity contribution in [2.75, 3.05) is 5.43 Å². The second kappa shape index (κ2) is 8.28. The Labute approximate surface area is 145 Å². The maximum atomic E-state index is 14.1. The van der Waals surface area contributed by atoms with Crippen molar-refractivity contribution < 1.29 is 27.5 Å². The van der Waals surface area contributed by atoms with Crippen molar-refractivity contribution >= 4 is 17.6 Å². The molecule has 2 aromatic rings. The Bertz CT molecular complexity index is 805. The van der Waals surface area contributed by atoms with Crippen molar-refractivity contribution in [3.05, 3.63) is 53.6 Å². The molecule has 0 bridgehead atoms. The molecule has 0 aliphatic rings. The molecule has 1 heterocycles. The van der Waals surface area contributed by atoms with Crippen LogP contribution in [0.2, 0.25) is 0 Å². The van der Waals surface area contributed by atoms with Gasteiger partial charge in [-0.25, -0.2) is 4.39 Å². The van der Waals surface area contributed by atoms with Crippen LogP contribution in [0.4, 0.5) is 23.2 Å². The topological polar surface area (TPSA) is 79.1 Å². The van der Waals surface area contributed by atoms with E-state index in [4.69, 9.17) is 5.21 Å². The third kappa shape index (κ3) is 5.72. The maximum absolute atomic E-state index is 14.1. The van der Waals surface area contributed by atoms with Gasteiger partial charge in [0.2, 0.25) is 0 Å². The van der Waals surface area contributed by atoms with Crippen molar-refractivity contribution in [1.82, 2.24) is 4.98 Å². The van der Waals surface area contributed by atoms with Crippen LogP contribution >= 0.6 is 0 Å². The summed E-state index contributed by atoms with van der Waals surface area (Å²) < 4.78 is 54.4. The molecule has 0 saturated carbocycles. The van der Waals surface area contributed by atoms with Gasteiger partial charge in [-0.1, -0.05) is 17.3 Å². The Hall–Kier alpha value is -3.17. The number of hydrogen-bond donors (Lipinski definition) is 2. The van der Waals surface area contributed by atoms with Crippen molar-refractivity contribution in [2.24, 2.45) is 10.3 Å². The molecule has 0 saturated heterocycles. The van der Waals surface area contributed by atoms with Crippen LogP contribution in [0, 0.1) is 5.82 Å². The smallest absolute Gasteiger partial charge is 0.411 e. The Morgan fingerprint density at radius 1 is 1.27 bits per heavy atom. The van der Waals surface area contributed by atoms with Crippen LogP contribution < -0.4 is 10.2 Å². The number of ether oxygens (including phenoxy) is 1. The van der Waals surface area contributed by atoms with Gasteiger partial charge in [-0.2, -0.15) is 5.10 Å². The molecule has 0 aliphatic heterocycles. The summed E-state index contributed by atoms with van der Waals surface area (Å²) in [5.41, 5.74) is 4.00. The number of benzene rings is 1. The van der Waals surface area contributed by atoms with Gasteiger partial charge >= 0.3 is 6.36 Å². The zero-order chi connectivity index (χ0) is 19.2. The second-order valence-corrected chi connectivity index (χ2v) is 5.13. The van der Waals surface area contributed by atoms with Crippen molar-refractivity contribution in [3.63, 3.8) is 0 Å². The van der Waals surface area contributed by atoms with E-state index < -0.39 is 12.2 Å². The number of nitrogens with one attached hydrogen (secondary N) is 1. The summed E-state index contributed by atoms with van der Waals surface area (Å²) in [6, 6.07) is 5.10. The molecule has 0 fully saturated rings. The summed E-state index contributed by atoms with van der Waals surface area (Å²) >= 11 is 0. The molecule has 0 aliphatic carbocycles. The minimum absolute atomic E-state index is 0.0889. The predicted molar refractivity (Wildman–Crippen MR) is 87.1 cm³/mol. The molecule has 0 amide bonds. The third-order valence-corrected chi connectivity index (χ3v) is 3.14. The van der Waals surface area contributed by atoms with E-state index in [1.165, 1.54) is 18.3 Å². The number of alkyl halides is 3. The van der Waals surface area contributed by atoms with E-state index in [1.54, 1.807) is 6.92 Å². The Morgan fingerprint density at radius 2 is 1.96 bits per heavy atom. The zero-order valence-electron chi connectivity index (χ0n) is 13.5. The number of nitrogens with zero attached hydrogens (tertiary/aromatic N) is 3.